The highest BCUT2D eigenvalue weighted by Crippen LogP contribution is 2.38. The van der Waals surface area contributed by atoms with Crippen molar-refractivity contribution in [3.8, 4) is 0 Å². The number of aliphatic hydroxyl groups is 1. The van der Waals surface area contributed by atoms with Crippen LogP contribution in [0.25, 0.3) is 0 Å². The zero-order chi connectivity index (χ0) is 49.9. The van der Waals surface area contributed by atoms with Crippen LogP contribution in [0.5, 0.6) is 0 Å². The fourth-order valence-electron chi connectivity index (χ4n) is 6.84. The number of aryl methyl sites for hydroxylation is 1. The highest BCUT2D eigenvalue weighted by Gasteiger charge is 2.38. The summed E-state index contributed by atoms with van der Waals surface area (Å²) in [6.07, 6.45) is 2.78. The second-order valence-corrected chi connectivity index (χ2v) is 19.0. The van der Waals surface area contributed by atoms with Crippen molar-refractivity contribution >= 4 is 61.8 Å². The van der Waals surface area contributed by atoms with E-state index in [-0.39, 0.29) is 61.9 Å². The van der Waals surface area contributed by atoms with E-state index in [1.807, 2.05) is 34.6 Å². The number of primary amides is 1. The number of hydrogen-bond acceptors (Lipinski definition) is 15. The third kappa shape index (κ3) is 20.3. The van der Waals surface area contributed by atoms with E-state index in [4.69, 9.17) is 30.7 Å². The molecule has 1 aliphatic rings. The van der Waals surface area contributed by atoms with Gasteiger partial charge in [-0.15, -0.1) is 0 Å². The lowest BCUT2D eigenvalue weighted by Gasteiger charge is -2.29. The number of hydrogen-bond donors (Lipinski definition) is 11. The summed E-state index contributed by atoms with van der Waals surface area (Å²) in [5.41, 5.74) is 10.7. The topological polar surface area (TPSA) is 358 Å². The van der Waals surface area contributed by atoms with Crippen LogP contribution in [0.3, 0.4) is 0 Å². The van der Waals surface area contributed by atoms with Gasteiger partial charge in [-0.05, 0) is 58.3 Å². The van der Waals surface area contributed by atoms with Crippen LogP contribution in [-0.2, 0) is 65.6 Å². The molecule has 1 aromatic rings. The lowest BCUT2D eigenvalue weighted by atomic mass is 10.0. The van der Waals surface area contributed by atoms with Crippen LogP contribution in [0, 0.1) is 11.8 Å². The number of imidazole rings is 1. The first kappa shape index (κ1) is 57.9. The second-order valence-electron chi connectivity index (χ2n) is 17.5. The molecule has 0 aliphatic carbocycles. The number of nitrogens with one attached hydrogen (secondary N) is 5. The van der Waals surface area contributed by atoms with Crippen LogP contribution in [0.1, 0.15) is 79.3 Å². The molecule has 0 aromatic carbocycles. The second kappa shape index (κ2) is 27.6. The van der Waals surface area contributed by atoms with Crippen molar-refractivity contribution in [2.45, 2.75) is 128 Å². The first-order valence-corrected chi connectivity index (χ1v) is 23.9. The maximum absolute atomic E-state index is 14.0. The third-order valence-corrected chi connectivity index (χ3v) is 11.5. The summed E-state index contributed by atoms with van der Waals surface area (Å²) in [6.45, 7) is 10.8. The predicted octanol–water partition coefficient (Wildman–Crippen LogP) is -2.48. The molecule has 376 valence electrons. The molecule has 1 fully saturated rings. The number of carbonyl (C=O) groups is 7. The molecule has 1 aliphatic heterocycles. The molecule has 1 aromatic heterocycles. The van der Waals surface area contributed by atoms with Gasteiger partial charge in [0, 0.05) is 50.8 Å². The van der Waals surface area contributed by atoms with Crippen molar-refractivity contribution in [3.05, 3.63) is 18.2 Å². The molecule has 8 unspecified atom stereocenters. The van der Waals surface area contributed by atoms with E-state index in [2.05, 4.69) is 48.7 Å². The normalized spacial score (nSPS) is 17.5. The largest absolute Gasteiger partial charge is 0.469 e. The molecule has 1 saturated heterocycles. The Morgan fingerprint density at radius 3 is 2.20 bits per heavy atom. The van der Waals surface area contributed by atoms with E-state index in [1.165, 1.54) is 17.4 Å². The Balaban J connectivity index is 2.09. The number of amides is 7. The molecule has 2 heterocycles. The SMILES string of the molecule is CC(C)CC(NC(=O)C1CCCN1C(=O)CCOC(C)(C)COCC(C)CCNC(=O)C(N)CS)C(=O)NC(Cc1cncn1C)C(=O)NC(CO)C(=O)NC(C(N)=O)C(C)OP(=O)(O)O. The van der Waals surface area contributed by atoms with Crippen LogP contribution < -0.4 is 38.1 Å². The predicted molar refractivity (Wildman–Crippen MR) is 242 cm³/mol. The lowest BCUT2D eigenvalue weighted by molar-refractivity contribution is -0.142. The van der Waals surface area contributed by atoms with Crippen LogP contribution in [0.4, 0.5) is 0 Å². The smallest absolute Gasteiger partial charge is 0.394 e. The molecule has 0 radical (unpaired) electrons. The standard InChI is InChI=1S/C40H71N10O14PS/c1-23(2)15-28(46-39(58)31-9-8-13-50(31)32(52)11-14-63-40(5,6)21-62-19-24(3)10-12-44-35(54)27(41)20-66)36(55)45-29(16-26-17-43-22-49(26)7)37(56)47-30(18-51)38(57)48-33(34(42)53)25(4)64-65(59,60)61/h17,22-25,27-31,33,51,66H,8-16,18-21,41H2,1-7H3,(H2,42,53)(H,44,54)(H,45,55)(H,46,58)(H,47,56)(H,48,57)(H2,59,60,61). The summed E-state index contributed by atoms with van der Waals surface area (Å²) in [7, 11) is -3.48. The summed E-state index contributed by atoms with van der Waals surface area (Å²) in [6, 6.07) is -7.68. The van der Waals surface area contributed by atoms with Gasteiger partial charge in [0.05, 0.1) is 50.3 Å². The van der Waals surface area contributed by atoms with Crippen LogP contribution in [-0.4, -0.2) is 164 Å². The molecule has 0 bridgehead atoms. The first-order chi connectivity index (χ1) is 30.8. The van der Waals surface area contributed by atoms with E-state index in [1.54, 1.807) is 11.6 Å². The maximum Gasteiger partial charge on any atom is 0.469 e. The van der Waals surface area contributed by atoms with Gasteiger partial charge >= 0.3 is 7.82 Å². The number of aromatic nitrogens is 2. The molecule has 8 atom stereocenters. The molecule has 0 saturated carbocycles. The van der Waals surface area contributed by atoms with Crippen molar-refractivity contribution in [3.63, 3.8) is 0 Å². The molecule has 24 nitrogen and oxygen atoms in total. The first-order valence-electron chi connectivity index (χ1n) is 21.7. The Morgan fingerprint density at radius 1 is 0.985 bits per heavy atom. The van der Waals surface area contributed by atoms with Gasteiger partial charge in [0.2, 0.25) is 41.4 Å². The molecule has 12 N–H and O–H groups in total. The number of phosphoric acid groups is 1. The zero-order valence-corrected chi connectivity index (χ0v) is 40.6. The number of thiol groups is 1. The summed E-state index contributed by atoms with van der Waals surface area (Å²) in [5.74, 6) is -5.01. The quantitative estimate of drug-likeness (QED) is 0.0281. The minimum absolute atomic E-state index is 0.0192. The van der Waals surface area contributed by atoms with Gasteiger partial charge < -0.3 is 71.9 Å². The summed E-state index contributed by atoms with van der Waals surface area (Å²) >= 11 is 4.03. The number of nitrogens with two attached hydrogens (primary N) is 2. The lowest BCUT2D eigenvalue weighted by Crippen LogP contribution is -2.61. The number of nitrogens with zero attached hydrogens (tertiary/aromatic N) is 3. The fourth-order valence-corrected chi connectivity index (χ4v) is 7.56. The van der Waals surface area contributed by atoms with Gasteiger partial charge in [-0.2, -0.15) is 12.6 Å². The van der Waals surface area contributed by atoms with Gasteiger partial charge in [0.25, 0.3) is 0 Å². The average Bonchev–Trinajstić information content (AvgIpc) is 3.88. The molecule has 26 heteroatoms. The van der Waals surface area contributed by atoms with E-state index < -0.39 is 91.9 Å². The monoisotopic (exact) mass is 978 g/mol. The van der Waals surface area contributed by atoms with Gasteiger partial charge in [0.15, 0.2) is 0 Å². The molecule has 0 spiro atoms. The summed E-state index contributed by atoms with van der Waals surface area (Å²) in [4.78, 5) is 116. The Hall–Kier alpha value is -4.20. The van der Waals surface area contributed by atoms with Gasteiger partial charge in [-0.1, -0.05) is 20.8 Å². The minimum atomic E-state index is -5.12. The van der Waals surface area contributed by atoms with Crippen LogP contribution >= 0.6 is 20.5 Å². The van der Waals surface area contributed by atoms with Crippen molar-refractivity contribution in [1.29, 1.82) is 0 Å². The summed E-state index contributed by atoms with van der Waals surface area (Å²) < 4.78 is 29.3. The number of rotatable bonds is 30. The van der Waals surface area contributed by atoms with Crippen LogP contribution in [0.15, 0.2) is 12.5 Å². The summed E-state index contributed by atoms with van der Waals surface area (Å²) in [5, 5.41) is 22.7. The van der Waals surface area contributed by atoms with Crippen molar-refractivity contribution in [2.75, 3.05) is 45.3 Å². The Bertz CT molecular complexity index is 1830. The van der Waals surface area contributed by atoms with Crippen LogP contribution in [0.2, 0.25) is 0 Å². The number of ether oxygens (including phenoxy) is 2. The van der Waals surface area contributed by atoms with Crippen molar-refractivity contribution < 1.29 is 67.0 Å². The molecular formula is C40H71N10O14PS. The van der Waals surface area contributed by atoms with Gasteiger partial charge in [-0.25, -0.2) is 9.55 Å². The highest BCUT2D eigenvalue weighted by molar-refractivity contribution is 7.80. The number of likely N-dealkylation sites (tertiary alicyclic amines) is 1. The molecule has 66 heavy (non-hydrogen) atoms. The molecule has 7 amide bonds. The molecular weight excluding hydrogens is 908 g/mol. The highest BCUT2D eigenvalue weighted by atomic mass is 32.1. The maximum atomic E-state index is 14.0. The van der Waals surface area contributed by atoms with E-state index in [0.29, 0.717) is 44.7 Å². The van der Waals surface area contributed by atoms with E-state index in [9.17, 15) is 43.2 Å². The van der Waals surface area contributed by atoms with Gasteiger partial charge in [-0.3, -0.25) is 38.1 Å². The molecule has 2 rings (SSSR count). The Labute approximate surface area is 390 Å². The zero-order valence-electron chi connectivity index (χ0n) is 38.8. The number of carbonyl (C=O) groups excluding carboxylic acids is 7. The van der Waals surface area contributed by atoms with Crippen molar-refractivity contribution in [1.82, 2.24) is 41.0 Å². The van der Waals surface area contributed by atoms with Gasteiger partial charge in [0.1, 0.15) is 30.2 Å². The number of aliphatic hydroxyl groups excluding tert-OH is 1. The average molecular weight is 979 g/mol. The Morgan fingerprint density at radius 2 is 1.62 bits per heavy atom. The van der Waals surface area contributed by atoms with E-state index in [0.717, 1.165) is 6.92 Å². The fraction of sp³-hybridized carbons (Fsp3) is 0.750. The van der Waals surface area contributed by atoms with Crippen molar-refractivity contribution in [2.24, 2.45) is 30.4 Å². The van der Waals surface area contributed by atoms with E-state index >= 15 is 0 Å². The minimum Gasteiger partial charge on any atom is -0.394 e. The third-order valence-electron chi connectivity index (χ3n) is 10.5. The number of phosphoric ester groups is 1. The Kier molecular flexibility index (Phi) is 24.2.